The van der Waals surface area contributed by atoms with Gasteiger partial charge in [-0.2, -0.15) is 0 Å². The van der Waals surface area contributed by atoms with E-state index < -0.39 is 10.0 Å². The van der Waals surface area contributed by atoms with Crippen molar-refractivity contribution in [2.45, 2.75) is 38.3 Å². The average Bonchev–Trinajstić information content (AvgIpc) is 2.87. The first-order valence-electron chi connectivity index (χ1n) is 7.03. The Hall–Kier alpha value is -1.76. The molecule has 116 valence electrons. The fourth-order valence-corrected chi connectivity index (χ4v) is 3.00. The molecule has 0 unspecified atom stereocenters. The van der Waals surface area contributed by atoms with Gasteiger partial charge in [-0.25, -0.2) is 13.2 Å². The van der Waals surface area contributed by atoms with Crippen LogP contribution < -0.4 is 15.4 Å². The second kappa shape index (κ2) is 6.80. The number of carbonyl (C=O) groups is 1. The summed E-state index contributed by atoms with van der Waals surface area (Å²) in [4.78, 5) is 11.8. The van der Waals surface area contributed by atoms with E-state index in [9.17, 15) is 13.2 Å². The van der Waals surface area contributed by atoms with Crippen LogP contribution in [0.4, 0.5) is 10.5 Å². The molecule has 3 N–H and O–H groups in total. The number of benzene rings is 1. The Morgan fingerprint density at radius 1 is 1.29 bits per heavy atom. The molecule has 21 heavy (non-hydrogen) atoms. The van der Waals surface area contributed by atoms with Gasteiger partial charge >= 0.3 is 6.03 Å². The molecule has 1 fully saturated rings. The molecule has 6 nitrogen and oxygen atoms in total. The lowest BCUT2D eigenvalue weighted by atomic mass is 10.2. The summed E-state index contributed by atoms with van der Waals surface area (Å²) >= 11 is 0. The fourth-order valence-electron chi connectivity index (χ4n) is 2.45. The molecule has 1 aliphatic carbocycles. The SMILES string of the molecule is CS(=O)(=O)Nc1cccc(CNC(=O)NC2CCCC2)c1. The van der Waals surface area contributed by atoms with Crippen LogP contribution in [0, 0.1) is 0 Å². The van der Waals surface area contributed by atoms with Gasteiger partial charge in [-0.1, -0.05) is 25.0 Å². The standard InChI is InChI=1S/C14H21N3O3S/c1-21(19,20)17-13-8-4-5-11(9-13)10-15-14(18)16-12-6-2-3-7-12/h4-5,8-9,12,17H,2-3,6-7,10H2,1H3,(H2,15,16,18). The van der Waals surface area contributed by atoms with E-state index in [2.05, 4.69) is 15.4 Å². The van der Waals surface area contributed by atoms with E-state index in [0.29, 0.717) is 12.2 Å². The molecule has 1 saturated carbocycles. The third-order valence-electron chi connectivity index (χ3n) is 3.37. The van der Waals surface area contributed by atoms with E-state index in [1.807, 2.05) is 6.07 Å². The van der Waals surface area contributed by atoms with Crippen LogP contribution in [-0.4, -0.2) is 26.7 Å². The van der Waals surface area contributed by atoms with Crippen LogP contribution in [0.1, 0.15) is 31.2 Å². The van der Waals surface area contributed by atoms with Crippen molar-refractivity contribution in [2.75, 3.05) is 11.0 Å². The minimum atomic E-state index is -3.29. The third kappa shape index (κ3) is 5.63. The Morgan fingerprint density at radius 2 is 2.00 bits per heavy atom. The van der Waals surface area contributed by atoms with Crippen molar-refractivity contribution in [3.63, 3.8) is 0 Å². The summed E-state index contributed by atoms with van der Waals surface area (Å²) in [7, 11) is -3.29. The molecular weight excluding hydrogens is 290 g/mol. The zero-order chi connectivity index (χ0) is 15.3. The molecule has 0 radical (unpaired) electrons. The minimum Gasteiger partial charge on any atom is -0.335 e. The highest BCUT2D eigenvalue weighted by atomic mass is 32.2. The van der Waals surface area contributed by atoms with Gasteiger partial charge in [0, 0.05) is 18.3 Å². The molecule has 0 aliphatic heterocycles. The molecule has 0 aromatic heterocycles. The van der Waals surface area contributed by atoms with Gasteiger partial charge in [0.05, 0.1) is 6.26 Å². The summed E-state index contributed by atoms with van der Waals surface area (Å²) in [6, 6.07) is 7.06. The maximum absolute atomic E-state index is 11.8. The lowest BCUT2D eigenvalue weighted by molar-refractivity contribution is 0.236. The monoisotopic (exact) mass is 311 g/mol. The second-order valence-corrected chi connectivity index (χ2v) is 7.13. The predicted molar refractivity (Wildman–Crippen MR) is 82.5 cm³/mol. The van der Waals surface area contributed by atoms with Crippen molar-refractivity contribution in [3.05, 3.63) is 29.8 Å². The maximum Gasteiger partial charge on any atom is 0.315 e. The van der Waals surface area contributed by atoms with Gasteiger partial charge in [0.25, 0.3) is 0 Å². The molecule has 1 aromatic rings. The van der Waals surface area contributed by atoms with Crippen molar-refractivity contribution >= 4 is 21.7 Å². The molecule has 0 spiro atoms. The molecule has 0 bridgehead atoms. The number of sulfonamides is 1. The first-order valence-corrected chi connectivity index (χ1v) is 8.92. The van der Waals surface area contributed by atoms with Crippen LogP contribution in [0.5, 0.6) is 0 Å². The number of anilines is 1. The molecule has 0 atom stereocenters. The number of nitrogens with one attached hydrogen (secondary N) is 3. The Bertz CT molecular complexity index is 595. The van der Waals surface area contributed by atoms with Crippen molar-refractivity contribution in [3.8, 4) is 0 Å². The second-order valence-electron chi connectivity index (χ2n) is 5.38. The van der Waals surface area contributed by atoms with Gasteiger partial charge in [-0.05, 0) is 30.5 Å². The van der Waals surface area contributed by atoms with E-state index in [4.69, 9.17) is 0 Å². The van der Waals surface area contributed by atoms with E-state index >= 15 is 0 Å². The molecule has 0 saturated heterocycles. The number of amides is 2. The maximum atomic E-state index is 11.8. The molecule has 1 aliphatic rings. The highest BCUT2D eigenvalue weighted by Gasteiger charge is 2.16. The first-order chi connectivity index (χ1) is 9.92. The summed E-state index contributed by atoms with van der Waals surface area (Å²) in [5.74, 6) is 0. The third-order valence-corrected chi connectivity index (χ3v) is 3.98. The molecule has 2 rings (SSSR count). The Labute approximate surface area is 125 Å². The van der Waals surface area contributed by atoms with Crippen LogP contribution in [0.2, 0.25) is 0 Å². The van der Waals surface area contributed by atoms with Crippen molar-refractivity contribution in [2.24, 2.45) is 0 Å². The summed E-state index contributed by atoms with van der Waals surface area (Å²) in [5, 5.41) is 5.73. The van der Waals surface area contributed by atoms with Gasteiger partial charge in [0.15, 0.2) is 0 Å². The largest absolute Gasteiger partial charge is 0.335 e. The average molecular weight is 311 g/mol. The van der Waals surface area contributed by atoms with Crippen LogP contribution in [0.25, 0.3) is 0 Å². The van der Waals surface area contributed by atoms with E-state index in [0.717, 1.165) is 24.7 Å². The number of urea groups is 1. The van der Waals surface area contributed by atoms with Crippen LogP contribution in [0.3, 0.4) is 0 Å². The fraction of sp³-hybridized carbons (Fsp3) is 0.500. The predicted octanol–water partition coefficient (Wildman–Crippen LogP) is 1.80. The summed E-state index contributed by atoms with van der Waals surface area (Å²) in [6.07, 6.45) is 5.53. The Morgan fingerprint density at radius 3 is 2.67 bits per heavy atom. The van der Waals surface area contributed by atoms with Gasteiger partial charge in [0.2, 0.25) is 10.0 Å². The molecule has 2 amide bonds. The molecule has 7 heteroatoms. The van der Waals surface area contributed by atoms with E-state index in [-0.39, 0.29) is 12.1 Å². The number of hydrogen-bond donors (Lipinski definition) is 3. The first kappa shape index (κ1) is 15.6. The summed E-state index contributed by atoms with van der Waals surface area (Å²) in [5.41, 5.74) is 1.33. The highest BCUT2D eigenvalue weighted by Crippen LogP contribution is 2.17. The Balaban J connectivity index is 1.85. The Kier molecular flexibility index (Phi) is 5.06. The van der Waals surface area contributed by atoms with E-state index in [1.54, 1.807) is 18.2 Å². The van der Waals surface area contributed by atoms with E-state index in [1.165, 1.54) is 12.8 Å². The quantitative estimate of drug-likeness (QED) is 0.775. The summed E-state index contributed by atoms with van der Waals surface area (Å²) in [6.45, 7) is 0.359. The van der Waals surface area contributed by atoms with Gasteiger partial charge in [0.1, 0.15) is 0 Å². The smallest absolute Gasteiger partial charge is 0.315 e. The topological polar surface area (TPSA) is 87.3 Å². The highest BCUT2D eigenvalue weighted by molar-refractivity contribution is 7.92. The lowest BCUT2D eigenvalue weighted by Crippen LogP contribution is -2.40. The van der Waals surface area contributed by atoms with Crippen molar-refractivity contribution in [1.29, 1.82) is 0 Å². The van der Waals surface area contributed by atoms with Crippen molar-refractivity contribution < 1.29 is 13.2 Å². The lowest BCUT2D eigenvalue weighted by Gasteiger charge is -2.13. The number of rotatable bonds is 5. The van der Waals surface area contributed by atoms with Gasteiger partial charge < -0.3 is 10.6 Å². The normalized spacial score (nSPS) is 15.7. The number of hydrogen-bond acceptors (Lipinski definition) is 3. The van der Waals surface area contributed by atoms with Gasteiger partial charge in [-0.15, -0.1) is 0 Å². The van der Waals surface area contributed by atoms with Gasteiger partial charge in [-0.3, -0.25) is 4.72 Å². The van der Waals surface area contributed by atoms with Crippen molar-refractivity contribution in [1.82, 2.24) is 10.6 Å². The molecular formula is C14H21N3O3S. The zero-order valence-electron chi connectivity index (χ0n) is 12.1. The van der Waals surface area contributed by atoms with Crippen LogP contribution in [0.15, 0.2) is 24.3 Å². The van der Waals surface area contributed by atoms with Crippen LogP contribution >= 0.6 is 0 Å². The minimum absolute atomic E-state index is 0.177. The molecule has 1 aromatic carbocycles. The summed E-state index contributed by atoms with van der Waals surface area (Å²) < 4.78 is 24.8. The number of carbonyl (C=O) groups excluding carboxylic acids is 1. The zero-order valence-corrected chi connectivity index (χ0v) is 12.9. The molecule has 0 heterocycles. The van der Waals surface area contributed by atoms with Crippen LogP contribution in [-0.2, 0) is 16.6 Å².